The Morgan fingerprint density at radius 1 is 1.22 bits per heavy atom. The first-order valence-electron chi connectivity index (χ1n) is 3.03. The van der Waals surface area contributed by atoms with Gasteiger partial charge < -0.3 is 0 Å². The van der Waals surface area contributed by atoms with Gasteiger partial charge in [0, 0.05) is 10.3 Å². The van der Waals surface area contributed by atoms with E-state index in [1.807, 2.05) is 12.2 Å². The summed E-state index contributed by atoms with van der Waals surface area (Å²) in [7, 11) is 0. The van der Waals surface area contributed by atoms with Crippen LogP contribution in [0, 0.1) is 5.41 Å². The van der Waals surface area contributed by atoms with Crippen molar-refractivity contribution in [3.8, 4) is 0 Å². The van der Waals surface area contributed by atoms with Gasteiger partial charge in [-0.05, 0) is 12.2 Å². The molecular formula is C8H10S. The topological polar surface area (TPSA) is 0 Å². The molecular weight excluding hydrogens is 128 g/mol. The molecule has 0 radical (unpaired) electrons. The molecule has 0 heterocycles. The third kappa shape index (κ3) is 1.75. The summed E-state index contributed by atoms with van der Waals surface area (Å²) in [4.78, 5) is 0.925. The molecule has 0 amide bonds. The summed E-state index contributed by atoms with van der Waals surface area (Å²) >= 11 is 4.93. The molecule has 1 aliphatic carbocycles. The van der Waals surface area contributed by atoms with Crippen LogP contribution in [-0.4, -0.2) is 4.86 Å². The largest absolute Gasteiger partial charge is 0.0801 e. The van der Waals surface area contributed by atoms with Gasteiger partial charge in [-0.15, -0.1) is 0 Å². The smallest absolute Gasteiger partial charge is 0.0371 e. The normalized spacial score (nSPS) is 22.7. The van der Waals surface area contributed by atoms with Gasteiger partial charge in [-0.3, -0.25) is 0 Å². The molecule has 0 spiro atoms. The molecule has 0 saturated heterocycles. The predicted octanol–water partition coefficient (Wildman–Crippen LogP) is 2.51. The zero-order valence-electron chi connectivity index (χ0n) is 5.72. The maximum absolute atomic E-state index is 4.93. The minimum absolute atomic E-state index is 0.211. The van der Waals surface area contributed by atoms with Gasteiger partial charge in [0.05, 0.1) is 0 Å². The van der Waals surface area contributed by atoms with E-state index in [1.54, 1.807) is 0 Å². The lowest BCUT2D eigenvalue weighted by Crippen LogP contribution is -2.07. The van der Waals surface area contributed by atoms with Crippen LogP contribution in [0.1, 0.15) is 13.8 Å². The third-order valence-electron chi connectivity index (χ3n) is 1.35. The van der Waals surface area contributed by atoms with Crippen LogP contribution in [-0.2, 0) is 0 Å². The average molecular weight is 138 g/mol. The first kappa shape index (κ1) is 6.69. The molecule has 1 rings (SSSR count). The second kappa shape index (κ2) is 2.07. The number of thiocarbonyl (C=S) groups is 1. The van der Waals surface area contributed by atoms with Crippen LogP contribution < -0.4 is 0 Å². The molecule has 0 atom stereocenters. The van der Waals surface area contributed by atoms with Crippen LogP contribution in [0.2, 0.25) is 0 Å². The van der Waals surface area contributed by atoms with Crippen molar-refractivity contribution in [3.05, 3.63) is 24.3 Å². The quantitative estimate of drug-likeness (QED) is 0.463. The fraction of sp³-hybridized carbons (Fsp3) is 0.375. The molecule has 1 aliphatic rings. The van der Waals surface area contributed by atoms with Crippen molar-refractivity contribution >= 4 is 17.1 Å². The van der Waals surface area contributed by atoms with Gasteiger partial charge in [0.2, 0.25) is 0 Å². The first-order chi connectivity index (χ1) is 4.10. The van der Waals surface area contributed by atoms with Crippen molar-refractivity contribution < 1.29 is 0 Å². The Balaban J connectivity index is 2.82. The SMILES string of the molecule is CC1(C)C=CC(=S)C=C1. The highest BCUT2D eigenvalue weighted by atomic mass is 32.1. The maximum Gasteiger partial charge on any atom is 0.0371 e. The minimum Gasteiger partial charge on any atom is -0.0801 e. The van der Waals surface area contributed by atoms with E-state index in [0.29, 0.717) is 0 Å². The summed E-state index contributed by atoms with van der Waals surface area (Å²) < 4.78 is 0. The number of hydrogen-bond donors (Lipinski definition) is 0. The molecule has 1 heteroatoms. The van der Waals surface area contributed by atoms with Gasteiger partial charge >= 0.3 is 0 Å². The molecule has 0 aliphatic heterocycles. The average Bonchev–Trinajstić information content (AvgIpc) is 1.78. The Labute approximate surface area is 61.3 Å². The van der Waals surface area contributed by atoms with Gasteiger partial charge in [-0.25, -0.2) is 0 Å². The van der Waals surface area contributed by atoms with Gasteiger partial charge in [0.15, 0.2) is 0 Å². The van der Waals surface area contributed by atoms with Crippen molar-refractivity contribution in [2.45, 2.75) is 13.8 Å². The molecule has 0 bridgehead atoms. The Kier molecular flexibility index (Phi) is 1.54. The lowest BCUT2D eigenvalue weighted by Gasteiger charge is -2.16. The fourth-order valence-electron chi connectivity index (χ4n) is 0.705. The zero-order chi connectivity index (χ0) is 6.91. The van der Waals surface area contributed by atoms with Gasteiger partial charge in [-0.2, -0.15) is 0 Å². The summed E-state index contributed by atoms with van der Waals surface area (Å²) in [6.07, 6.45) is 8.20. The minimum atomic E-state index is 0.211. The number of hydrogen-bond acceptors (Lipinski definition) is 1. The maximum atomic E-state index is 4.93. The van der Waals surface area contributed by atoms with Crippen LogP contribution in [0.25, 0.3) is 0 Å². The second-order valence-corrected chi connectivity index (χ2v) is 3.36. The number of rotatable bonds is 0. The molecule has 0 N–H and O–H groups in total. The van der Waals surface area contributed by atoms with Crippen LogP contribution in [0.5, 0.6) is 0 Å². The lowest BCUT2D eigenvalue weighted by atomic mass is 9.89. The van der Waals surface area contributed by atoms with E-state index in [0.717, 1.165) is 4.86 Å². The molecule has 0 fully saturated rings. The Bertz CT molecular complexity index is 167. The van der Waals surface area contributed by atoms with Gasteiger partial charge in [0.1, 0.15) is 0 Å². The van der Waals surface area contributed by atoms with E-state index < -0.39 is 0 Å². The Hall–Kier alpha value is -0.430. The lowest BCUT2D eigenvalue weighted by molar-refractivity contribution is 0.625. The van der Waals surface area contributed by atoms with E-state index in [1.165, 1.54) is 0 Å². The fourth-order valence-corrected chi connectivity index (χ4v) is 0.841. The van der Waals surface area contributed by atoms with Crippen LogP contribution in [0.4, 0.5) is 0 Å². The molecule has 0 aromatic carbocycles. The van der Waals surface area contributed by atoms with Crippen molar-refractivity contribution in [1.29, 1.82) is 0 Å². The molecule has 9 heavy (non-hydrogen) atoms. The van der Waals surface area contributed by atoms with Crippen LogP contribution >= 0.6 is 12.2 Å². The van der Waals surface area contributed by atoms with Crippen molar-refractivity contribution in [2.75, 3.05) is 0 Å². The molecule has 0 aromatic rings. The summed E-state index contributed by atoms with van der Waals surface area (Å²) in [6.45, 7) is 4.31. The molecule has 0 unspecified atom stereocenters. The highest BCUT2D eigenvalue weighted by molar-refractivity contribution is 7.81. The van der Waals surface area contributed by atoms with E-state index in [4.69, 9.17) is 12.2 Å². The van der Waals surface area contributed by atoms with Gasteiger partial charge in [0.25, 0.3) is 0 Å². The highest BCUT2D eigenvalue weighted by Crippen LogP contribution is 2.21. The predicted molar refractivity (Wildman–Crippen MR) is 44.7 cm³/mol. The molecule has 0 aromatic heterocycles. The third-order valence-corrected chi connectivity index (χ3v) is 1.63. The van der Waals surface area contributed by atoms with Gasteiger partial charge in [-0.1, -0.05) is 38.2 Å². The zero-order valence-corrected chi connectivity index (χ0v) is 6.53. The Morgan fingerprint density at radius 2 is 1.67 bits per heavy atom. The monoisotopic (exact) mass is 138 g/mol. The van der Waals surface area contributed by atoms with E-state index in [9.17, 15) is 0 Å². The molecule has 48 valence electrons. The van der Waals surface area contributed by atoms with E-state index >= 15 is 0 Å². The van der Waals surface area contributed by atoms with Crippen LogP contribution in [0.15, 0.2) is 24.3 Å². The summed E-state index contributed by atoms with van der Waals surface area (Å²) in [5, 5.41) is 0. The number of allylic oxidation sites excluding steroid dienone is 4. The Morgan fingerprint density at radius 3 is 2.00 bits per heavy atom. The summed E-state index contributed by atoms with van der Waals surface area (Å²) in [5.41, 5.74) is 0.211. The van der Waals surface area contributed by atoms with Crippen molar-refractivity contribution in [3.63, 3.8) is 0 Å². The first-order valence-corrected chi connectivity index (χ1v) is 3.43. The van der Waals surface area contributed by atoms with Crippen molar-refractivity contribution in [1.82, 2.24) is 0 Å². The van der Waals surface area contributed by atoms with Crippen LogP contribution in [0.3, 0.4) is 0 Å². The molecule has 0 saturated carbocycles. The van der Waals surface area contributed by atoms with E-state index in [-0.39, 0.29) is 5.41 Å². The highest BCUT2D eigenvalue weighted by Gasteiger charge is 2.11. The molecule has 0 nitrogen and oxygen atoms in total. The summed E-state index contributed by atoms with van der Waals surface area (Å²) in [5.74, 6) is 0. The van der Waals surface area contributed by atoms with E-state index in [2.05, 4.69) is 26.0 Å². The van der Waals surface area contributed by atoms with Crippen molar-refractivity contribution in [2.24, 2.45) is 5.41 Å². The standard InChI is InChI=1S/C8H10S/c1-8(2)5-3-7(9)4-6-8/h3-6H,1-2H3. The second-order valence-electron chi connectivity index (χ2n) is 2.89. The summed E-state index contributed by atoms with van der Waals surface area (Å²) in [6, 6.07) is 0.